The number of nitrogens with zero attached hydrogens (tertiary/aromatic N) is 4. The van der Waals surface area contributed by atoms with E-state index >= 15 is 0 Å². The van der Waals surface area contributed by atoms with Gasteiger partial charge in [-0.1, -0.05) is 25.1 Å². The Bertz CT molecular complexity index is 1240. The van der Waals surface area contributed by atoms with Crippen molar-refractivity contribution in [2.45, 2.75) is 32.6 Å². The zero-order valence-corrected chi connectivity index (χ0v) is 21.8. The second kappa shape index (κ2) is 14.0. The molecule has 2 aromatic rings. The first-order valence-electron chi connectivity index (χ1n) is 11.6. The predicted molar refractivity (Wildman–Crippen MR) is 143 cm³/mol. The van der Waals surface area contributed by atoms with Crippen molar-refractivity contribution in [2.75, 3.05) is 31.4 Å². The Morgan fingerprint density at radius 2 is 1.58 bits per heavy atom. The number of benzene rings is 2. The molecule has 2 rings (SSSR count). The van der Waals surface area contributed by atoms with Gasteiger partial charge in [0, 0.05) is 31.1 Å². The number of carbonyl (C=O) groups is 1. The maximum absolute atomic E-state index is 11.6. The van der Waals surface area contributed by atoms with Crippen molar-refractivity contribution in [1.29, 1.82) is 5.26 Å². The molecule has 0 amide bonds. The van der Waals surface area contributed by atoms with Gasteiger partial charge in [0.15, 0.2) is 9.84 Å². The molecular weight excluding hydrogens is 476 g/mol. The van der Waals surface area contributed by atoms with Crippen LogP contribution in [0.3, 0.4) is 0 Å². The molecule has 8 nitrogen and oxygen atoms in total. The number of rotatable bonds is 13. The highest BCUT2D eigenvalue weighted by atomic mass is 32.2. The van der Waals surface area contributed by atoms with Gasteiger partial charge in [-0.3, -0.25) is 0 Å². The van der Waals surface area contributed by atoms with Gasteiger partial charge in [-0.25, -0.2) is 13.2 Å². The third kappa shape index (κ3) is 9.84. The van der Waals surface area contributed by atoms with Crippen LogP contribution in [0.4, 0.5) is 17.1 Å². The normalized spacial score (nSPS) is 11.8. The van der Waals surface area contributed by atoms with E-state index in [4.69, 9.17) is 10.00 Å². The fraction of sp³-hybridized carbons (Fsp3) is 0.333. The van der Waals surface area contributed by atoms with Gasteiger partial charge in [0.1, 0.15) is 11.0 Å². The molecule has 0 fully saturated rings. The Balaban J connectivity index is 1.80. The van der Waals surface area contributed by atoms with Crippen molar-refractivity contribution in [3.05, 3.63) is 71.2 Å². The maximum atomic E-state index is 11.6. The number of azo groups is 1. The van der Waals surface area contributed by atoms with Gasteiger partial charge in [-0.2, -0.15) is 15.5 Å². The smallest absolute Gasteiger partial charge is 0.333 e. The highest BCUT2D eigenvalue weighted by Gasteiger charge is 2.10. The van der Waals surface area contributed by atoms with E-state index in [9.17, 15) is 13.2 Å². The summed E-state index contributed by atoms with van der Waals surface area (Å²) >= 11 is 0. The third-order valence-corrected chi connectivity index (χ3v) is 6.25. The lowest BCUT2D eigenvalue weighted by Crippen LogP contribution is -2.18. The van der Waals surface area contributed by atoms with Gasteiger partial charge in [0.25, 0.3) is 0 Å². The second-order valence-electron chi connectivity index (χ2n) is 8.45. The van der Waals surface area contributed by atoms with E-state index in [0.29, 0.717) is 29.1 Å². The van der Waals surface area contributed by atoms with E-state index in [1.165, 1.54) is 6.08 Å². The molecule has 0 atom stereocenters. The number of anilines is 1. The van der Waals surface area contributed by atoms with Crippen LogP contribution in [0, 0.1) is 11.3 Å². The summed E-state index contributed by atoms with van der Waals surface area (Å²) in [4.78, 5) is 13.2. The largest absolute Gasteiger partial charge is 0.462 e. The number of carbonyl (C=O) groups excluding carboxylic acids is 1. The molecule has 0 aliphatic carbocycles. The molecule has 0 aromatic heterocycles. The fourth-order valence-electron chi connectivity index (χ4n) is 3.12. The van der Waals surface area contributed by atoms with Crippen molar-refractivity contribution >= 4 is 38.9 Å². The topological polar surface area (TPSA) is 112 Å². The number of esters is 1. The molecule has 0 aliphatic heterocycles. The summed E-state index contributed by atoms with van der Waals surface area (Å²) in [5, 5.41) is 17.5. The van der Waals surface area contributed by atoms with Crippen LogP contribution in [0.15, 0.2) is 75.8 Å². The van der Waals surface area contributed by atoms with Crippen LogP contribution < -0.4 is 4.90 Å². The van der Waals surface area contributed by atoms with Gasteiger partial charge >= 0.3 is 5.97 Å². The lowest BCUT2D eigenvalue weighted by atomic mass is 10.2. The van der Waals surface area contributed by atoms with Crippen LogP contribution in [0.1, 0.15) is 38.2 Å². The van der Waals surface area contributed by atoms with Gasteiger partial charge in [0.2, 0.25) is 0 Å². The summed E-state index contributed by atoms with van der Waals surface area (Å²) < 4.78 is 28.2. The Morgan fingerprint density at radius 1 is 1.03 bits per heavy atom. The van der Waals surface area contributed by atoms with Crippen molar-refractivity contribution < 1.29 is 17.9 Å². The molecule has 36 heavy (non-hydrogen) atoms. The van der Waals surface area contributed by atoms with Crippen LogP contribution in [-0.2, 0) is 19.4 Å². The standard InChI is InChI=1S/C27H32N4O4S/c1-21(2)27(32)35-18-8-6-5-7-17-31(3)25-15-13-24(14-16-25)30-29-23-11-9-22(10-12-23)19-26(20-28)36(4,33)34/h9-16,19H,1,5-8,17-18H2,2-4H3/b26-19+,30-29+. The molecule has 0 aliphatic rings. The Labute approximate surface area is 213 Å². The summed E-state index contributed by atoms with van der Waals surface area (Å²) in [6.07, 6.45) is 6.28. The Kier molecular flexibility index (Phi) is 11.0. The number of nitriles is 1. The summed E-state index contributed by atoms with van der Waals surface area (Å²) in [7, 11) is -1.51. The van der Waals surface area contributed by atoms with Crippen LogP contribution in [0.2, 0.25) is 0 Å². The zero-order chi connectivity index (χ0) is 26.6. The first kappa shape index (κ1) is 28.5. The quantitative estimate of drug-likeness (QED) is 0.106. The molecular formula is C27H32N4O4S. The summed E-state index contributed by atoms with van der Waals surface area (Å²) in [6.45, 7) is 6.56. The van der Waals surface area contributed by atoms with Gasteiger partial charge in [-0.05, 0) is 74.2 Å². The molecule has 0 saturated carbocycles. The molecule has 190 valence electrons. The summed E-state index contributed by atoms with van der Waals surface area (Å²) in [5.74, 6) is -0.329. The highest BCUT2D eigenvalue weighted by Crippen LogP contribution is 2.23. The SMILES string of the molecule is C=C(C)C(=O)OCCCCCCN(C)c1ccc(/N=N/c2ccc(/C=C(\C#N)S(C)(=O)=O)cc2)cc1. The maximum Gasteiger partial charge on any atom is 0.333 e. The Morgan fingerprint density at radius 3 is 2.11 bits per heavy atom. The minimum atomic E-state index is -3.56. The van der Waals surface area contributed by atoms with Gasteiger partial charge in [0.05, 0.1) is 18.0 Å². The molecule has 2 aromatic carbocycles. The zero-order valence-electron chi connectivity index (χ0n) is 21.0. The average molecular weight is 509 g/mol. The minimum Gasteiger partial charge on any atom is -0.462 e. The Hall–Kier alpha value is -3.77. The lowest BCUT2D eigenvalue weighted by molar-refractivity contribution is -0.139. The summed E-state index contributed by atoms with van der Waals surface area (Å²) in [6, 6.07) is 16.3. The van der Waals surface area contributed by atoms with Crippen LogP contribution >= 0.6 is 0 Å². The van der Waals surface area contributed by atoms with Crippen molar-refractivity contribution in [2.24, 2.45) is 10.2 Å². The van der Waals surface area contributed by atoms with Crippen LogP contribution in [0.25, 0.3) is 6.08 Å². The first-order valence-corrected chi connectivity index (χ1v) is 13.5. The molecule has 0 spiro atoms. The molecule has 0 radical (unpaired) electrons. The lowest BCUT2D eigenvalue weighted by Gasteiger charge is -2.19. The van der Waals surface area contributed by atoms with E-state index in [2.05, 4.69) is 21.7 Å². The van der Waals surface area contributed by atoms with E-state index < -0.39 is 9.84 Å². The van der Waals surface area contributed by atoms with E-state index in [0.717, 1.165) is 44.2 Å². The van der Waals surface area contributed by atoms with Crippen molar-refractivity contribution in [3.63, 3.8) is 0 Å². The van der Waals surface area contributed by atoms with Crippen LogP contribution in [-0.4, -0.2) is 40.8 Å². The fourth-order valence-corrected chi connectivity index (χ4v) is 3.64. The van der Waals surface area contributed by atoms with E-state index in [1.54, 1.807) is 37.3 Å². The van der Waals surface area contributed by atoms with Crippen LogP contribution in [0.5, 0.6) is 0 Å². The predicted octanol–water partition coefficient (Wildman–Crippen LogP) is 6.13. The van der Waals surface area contributed by atoms with Gasteiger partial charge < -0.3 is 9.64 Å². The van der Waals surface area contributed by atoms with Gasteiger partial charge in [-0.15, -0.1) is 0 Å². The highest BCUT2D eigenvalue weighted by molar-refractivity contribution is 7.95. The molecule has 0 unspecified atom stereocenters. The number of unbranched alkanes of at least 4 members (excludes halogenated alkanes) is 3. The number of ether oxygens (including phenoxy) is 1. The molecule has 9 heteroatoms. The molecule has 0 heterocycles. The van der Waals surface area contributed by atoms with E-state index in [-0.39, 0.29) is 10.9 Å². The number of allylic oxidation sites excluding steroid dienone is 1. The number of sulfone groups is 1. The molecule has 0 saturated heterocycles. The molecule has 0 bridgehead atoms. The third-order valence-electron chi connectivity index (χ3n) is 5.24. The van der Waals surface area contributed by atoms with Crippen molar-refractivity contribution in [1.82, 2.24) is 0 Å². The first-order chi connectivity index (χ1) is 17.1. The second-order valence-corrected chi connectivity index (χ2v) is 10.4. The summed E-state index contributed by atoms with van der Waals surface area (Å²) in [5.41, 5.74) is 3.43. The monoisotopic (exact) mass is 508 g/mol. The van der Waals surface area contributed by atoms with E-state index in [1.807, 2.05) is 31.3 Å². The average Bonchev–Trinajstić information content (AvgIpc) is 2.85. The number of hydrogen-bond donors (Lipinski definition) is 0. The minimum absolute atomic E-state index is 0.288. The molecule has 0 N–H and O–H groups in total. The van der Waals surface area contributed by atoms with Crippen molar-refractivity contribution in [3.8, 4) is 6.07 Å². The number of hydrogen-bond acceptors (Lipinski definition) is 8.